The standard InChI is InChI=1S/C16H11N5O.ClH/c22-16-12(11-4-3-7-17-8-11)9-19-21(16)15-10-18-13-5-1-2-6-14(13)20-15;/h1-10,19H;1H. The van der Waals surface area contributed by atoms with Gasteiger partial charge < -0.3 is 0 Å². The second-order valence-electron chi connectivity index (χ2n) is 4.79. The molecule has 0 saturated carbocycles. The highest BCUT2D eigenvalue weighted by molar-refractivity contribution is 5.85. The Bertz CT molecular complexity index is 1010. The molecule has 0 bridgehead atoms. The number of fused-ring (bicyclic) bond motifs is 1. The number of aromatic nitrogens is 5. The molecule has 3 aromatic heterocycles. The number of rotatable bonds is 2. The molecule has 0 saturated heterocycles. The van der Waals surface area contributed by atoms with Gasteiger partial charge in [-0.25, -0.2) is 4.98 Å². The van der Waals surface area contributed by atoms with Crippen LogP contribution in [0.2, 0.25) is 0 Å². The average Bonchev–Trinajstić information content (AvgIpc) is 2.97. The maximum absolute atomic E-state index is 12.5. The van der Waals surface area contributed by atoms with Crippen LogP contribution in [0, 0.1) is 0 Å². The normalized spacial score (nSPS) is 10.4. The molecule has 0 aliphatic carbocycles. The molecule has 1 N–H and O–H groups in total. The lowest BCUT2D eigenvalue weighted by Crippen LogP contribution is -2.17. The van der Waals surface area contributed by atoms with E-state index in [4.69, 9.17) is 0 Å². The highest BCUT2D eigenvalue weighted by Gasteiger charge is 2.11. The van der Waals surface area contributed by atoms with Crippen LogP contribution in [0.5, 0.6) is 0 Å². The minimum Gasteiger partial charge on any atom is -0.296 e. The van der Waals surface area contributed by atoms with Crippen molar-refractivity contribution in [2.75, 3.05) is 0 Å². The van der Waals surface area contributed by atoms with Crippen LogP contribution in [0.4, 0.5) is 0 Å². The van der Waals surface area contributed by atoms with E-state index in [1.54, 1.807) is 30.9 Å². The summed E-state index contributed by atoms with van der Waals surface area (Å²) in [6.45, 7) is 0. The van der Waals surface area contributed by atoms with Crippen molar-refractivity contribution in [1.82, 2.24) is 24.7 Å². The Morgan fingerprint density at radius 2 is 1.83 bits per heavy atom. The molecule has 0 amide bonds. The van der Waals surface area contributed by atoms with Crippen molar-refractivity contribution >= 4 is 23.4 Å². The van der Waals surface area contributed by atoms with E-state index in [-0.39, 0.29) is 18.0 Å². The lowest BCUT2D eigenvalue weighted by molar-refractivity contribution is 0.818. The Hall–Kier alpha value is -2.99. The van der Waals surface area contributed by atoms with Crippen molar-refractivity contribution in [3.8, 4) is 16.9 Å². The van der Waals surface area contributed by atoms with Crippen molar-refractivity contribution in [2.45, 2.75) is 0 Å². The van der Waals surface area contributed by atoms with E-state index in [1.807, 2.05) is 30.3 Å². The summed E-state index contributed by atoms with van der Waals surface area (Å²) in [4.78, 5) is 25.4. The lowest BCUT2D eigenvalue weighted by atomic mass is 10.2. The zero-order valence-electron chi connectivity index (χ0n) is 11.9. The molecule has 23 heavy (non-hydrogen) atoms. The van der Waals surface area contributed by atoms with E-state index in [2.05, 4.69) is 20.1 Å². The summed E-state index contributed by atoms with van der Waals surface area (Å²) in [6, 6.07) is 11.2. The maximum Gasteiger partial charge on any atom is 0.280 e. The third-order valence-electron chi connectivity index (χ3n) is 3.41. The zero-order valence-corrected chi connectivity index (χ0v) is 12.7. The number of para-hydroxylation sites is 2. The van der Waals surface area contributed by atoms with Gasteiger partial charge in [-0.1, -0.05) is 18.2 Å². The molecular formula is C16H12ClN5O. The first-order valence-corrected chi connectivity index (χ1v) is 6.76. The largest absolute Gasteiger partial charge is 0.296 e. The van der Waals surface area contributed by atoms with Crippen LogP contribution in [0.1, 0.15) is 0 Å². The highest BCUT2D eigenvalue weighted by atomic mass is 35.5. The van der Waals surface area contributed by atoms with Crippen LogP contribution < -0.4 is 5.56 Å². The van der Waals surface area contributed by atoms with Gasteiger partial charge in [-0.15, -0.1) is 12.4 Å². The molecule has 1 aromatic carbocycles. The first-order chi connectivity index (χ1) is 10.8. The first kappa shape index (κ1) is 14.9. The van der Waals surface area contributed by atoms with Gasteiger partial charge in [0, 0.05) is 24.2 Å². The summed E-state index contributed by atoms with van der Waals surface area (Å²) in [7, 11) is 0. The molecule has 0 aliphatic rings. The average molecular weight is 326 g/mol. The Balaban J connectivity index is 0.00000156. The third-order valence-corrected chi connectivity index (χ3v) is 3.41. The van der Waals surface area contributed by atoms with Gasteiger partial charge in [-0.2, -0.15) is 4.68 Å². The van der Waals surface area contributed by atoms with Crippen LogP contribution in [0.25, 0.3) is 28.0 Å². The van der Waals surface area contributed by atoms with Gasteiger partial charge >= 0.3 is 0 Å². The number of H-pyrrole nitrogens is 1. The second-order valence-corrected chi connectivity index (χ2v) is 4.79. The van der Waals surface area contributed by atoms with Gasteiger partial charge in [-0.3, -0.25) is 19.9 Å². The summed E-state index contributed by atoms with van der Waals surface area (Å²) in [5.74, 6) is 0.457. The third kappa shape index (κ3) is 2.60. The Labute approximate surface area is 137 Å². The molecular weight excluding hydrogens is 314 g/mol. The molecule has 0 radical (unpaired) electrons. The molecule has 0 spiro atoms. The van der Waals surface area contributed by atoms with E-state index in [9.17, 15) is 4.79 Å². The maximum atomic E-state index is 12.5. The minimum absolute atomic E-state index is 0. The minimum atomic E-state index is -0.183. The number of hydrogen-bond acceptors (Lipinski definition) is 4. The summed E-state index contributed by atoms with van der Waals surface area (Å²) in [6.07, 6.45) is 6.55. The summed E-state index contributed by atoms with van der Waals surface area (Å²) in [5.41, 5.74) is 2.65. The van der Waals surface area contributed by atoms with Crippen molar-refractivity contribution in [3.63, 3.8) is 0 Å². The molecule has 4 aromatic rings. The van der Waals surface area contributed by atoms with Crippen molar-refractivity contribution in [3.05, 3.63) is 71.5 Å². The first-order valence-electron chi connectivity index (χ1n) is 6.76. The Morgan fingerprint density at radius 1 is 1.00 bits per heavy atom. The number of halogens is 1. The predicted molar refractivity (Wildman–Crippen MR) is 90.0 cm³/mol. The summed E-state index contributed by atoms with van der Waals surface area (Å²) in [5, 5.41) is 2.93. The number of nitrogens with one attached hydrogen (secondary N) is 1. The van der Waals surface area contributed by atoms with Crippen LogP contribution in [0.3, 0.4) is 0 Å². The van der Waals surface area contributed by atoms with E-state index in [1.165, 1.54) is 4.68 Å². The molecule has 0 unspecified atom stereocenters. The predicted octanol–water partition coefficient (Wildman–Crippen LogP) is 2.59. The zero-order chi connectivity index (χ0) is 14.9. The molecule has 114 valence electrons. The van der Waals surface area contributed by atoms with Crippen molar-refractivity contribution in [1.29, 1.82) is 0 Å². The van der Waals surface area contributed by atoms with E-state index >= 15 is 0 Å². The van der Waals surface area contributed by atoms with Gasteiger partial charge in [0.1, 0.15) is 0 Å². The van der Waals surface area contributed by atoms with Gasteiger partial charge in [-0.05, 0) is 18.2 Å². The fourth-order valence-corrected chi connectivity index (χ4v) is 2.32. The fourth-order valence-electron chi connectivity index (χ4n) is 2.32. The highest BCUT2D eigenvalue weighted by Crippen LogP contribution is 2.14. The Morgan fingerprint density at radius 3 is 2.61 bits per heavy atom. The van der Waals surface area contributed by atoms with Crippen molar-refractivity contribution in [2.24, 2.45) is 0 Å². The monoisotopic (exact) mass is 325 g/mol. The second kappa shape index (κ2) is 6.02. The van der Waals surface area contributed by atoms with E-state index in [0.717, 1.165) is 16.6 Å². The SMILES string of the molecule is Cl.O=c1c(-c2cccnc2)c[nH]n1-c1cnc2ccccc2n1. The summed E-state index contributed by atoms with van der Waals surface area (Å²) < 4.78 is 1.38. The lowest BCUT2D eigenvalue weighted by Gasteiger charge is -2.01. The van der Waals surface area contributed by atoms with Gasteiger partial charge in [0.05, 0.1) is 22.8 Å². The van der Waals surface area contributed by atoms with Crippen LogP contribution >= 0.6 is 12.4 Å². The molecule has 0 atom stereocenters. The fraction of sp³-hybridized carbons (Fsp3) is 0. The van der Waals surface area contributed by atoms with E-state index in [0.29, 0.717) is 11.4 Å². The quantitative estimate of drug-likeness (QED) is 0.614. The molecule has 0 aliphatic heterocycles. The Kier molecular flexibility index (Phi) is 3.91. The molecule has 3 heterocycles. The van der Waals surface area contributed by atoms with Gasteiger partial charge in [0.15, 0.2) is 5.82 Å². The van der Waals surface area contributed by atoms with E-state index < -0.39 is 0 Å². The number of nitrogens with zero attached hydrogens (tertiary/aromatic N) is 4. The van der Waals surface area contributed by atoms with Crippen LogP contribution in [-0.2, 0) is 0 Å². The number of aromatic amines is 1. The van der Waals surface area contributed by atoms with Crippen molar-refractivity contribution < 1.29 is 0 Å². The molecule has 0 fully saturated rings. The number of pyridine rings is 1. The number of hydrogen-bond donors (Lipinski definition) is 1. The molecule has 6 nitrogen and oxygen atoms in total. The topological polar surface area (TPSA) is 76.5 Å². The number of benzene rings is 1. The molecule has 7 heteroatoms. The molecule has 4 rings (SSSR count). The van der Waals surface area contributed by atoms with Crippen LogP contribution in [0.15, 0.2) is 66.0 Å². The smallest absolute Gasteiger partial charge is 0.280 e. The van der Waals surface area contributed by atoms with Crippen LogP contribution in [-0.4, -0.2) is 24.7 Å². The van der Waals surface area contributed by atoms with Gasteiger partial charge in [0.2, 0.25) is 0 Å². The van der Waals surface area contributed by atoms with Gasteiger partial charge in [0.25, 0.3) is 5.56 Å². The summed E-state index contributed by atoms with van der Waals surface area (Å²) >= 11 is 0.